The number of nitrogens with zero attached hydrogens (tertiary/aromatic N) is 2. The Morgan fingerprint density at radius 3 is 2.77 bits per heavy atom. The Labute approximate surface area is 134 Å². The summed E-state index contributed by atoms with van der Waals surface area (Å²) in [6, 6.07) is 3.36. The predicted octanol–water partition coefficient (Wildman–Crippen LogP) is 1.13. The third-order valence-electron chi connectivity index (χ3n) is 4.21. The summed E-state index contributed by atoms with van der Waals surface area (Å²) >= 11 is 5.78. The minimum atomic E-state index is -0.178. The van der Waals surface area contributed by atoms with E-state index in [-0.39, 0.29) is 23.7 Å². The second kappa shape index (κ2) is 6.62. The minimum Gasteiger partial charge on any atom is -0.342 e. The lowest BCUT2D eigenvalue weighted by atomic mass is 9.94. The van der Waals surface area contributed by atoms with Crippen LogP contribution < -0.4 is 10.6 Å². The third kappa shape index (κ3) is 3.39. The summed E-state index contributed by atoms with van der Waals surface area (Å²) < 4.78 is 0. The van der Waals surface area contributed by atoms with Gasteiger partial charge in [0.1, 0.15) is 5.82 Å². The topological polar surface area (TPSA) is 74.3 Å². The Hall–Kier alpha value is -1.66. The lowest BCUT2D eigenvalue weighted by Gasteiger charge is -2.37. The number of likely N-dealkylation sites (tertiary alicyclic amines) is 1. The highest BCUT2D eigenvalue weighted by molar-refractivity contribution is 6.30. The summed E-state index contributed by atoms with van der Waals surface area (Å²) in [6.45, 7) is 2.74. The number of piperidine rings is 1. The molecule has 2 aliphatic heterocycles. The first-order valence-electron chi connectivity index (χ1n) is 7.55. The Bertz CT molecular complexity index is 559. The van der Waals surface area contributed by atoms with Gasteiger partial charge in [-0.2, -0.15) is 0 Å². The first-order valence-corrected chi connectivity index (χ1v) is 7.93. The van der Waals surface area contributed by atoms with Crippen LogP contribution >= 0.6 is 11.6 Å². The number of carbonyl (C=O) groups is 2. The van der Waals surface area contributed by atoms with Gasteiger partial charge in [0.2, 0.25) is 11.8 Å². The standard InChI is InChI=1S/C15H19ClN4O2/c16-12-3-4-13(18-8-12)19-14(21)10-2-1-5-20(9-10)15(22)11-6-17-7-11/h3-4,8,10-11,17H,1-2,5-7,9H2,(H,18,19,21). The van der Waals surface area contributed by atoms with E-state index >= 15 is 0 Å². The van der Waals surface area contributed by atoms with Gasteiger partial charge in [0, 0.05) is 32.4 Å². The number of amides is 2. The molecular weight excluding hydrogens is 304 g/mol. The monoisotopic (exact) mass is 322 g/mol. The fourth-order valence-electron chi connectivity index (χ4n) is 2.79. The smallest absolute Gasteiger partial charge is 0.230 e. The number of aromatic nitrogens is 1. The summed E-state index contributed by atoms with van der Waals surface area (Å²) in [5, 5.41) is 6.43. The molecule has 6 nitrogen and oxygen atoms in total. The molecule has 0 spiro atoms. The quantitative estimate of drug-likeness (QED) is 0.875. The number of hydrogen-bond acceptors (Lipinski definition) is 4. The van der Waals surface area contributed by atoms with Crippen LogP contribution in [0.5, 0.6) is 0 Å². The van der Waals surface area contributed by atoms with Gasteiger partial charge in [0.25, 0.3) is 0 Å². The van der Waals surface area contributed by atoms with Crippen LogP contribution in [0.4, 0.5) is 5.82 Å². The SMILES string of the molecule is O=C(Nc1ccc(Cl)cn1)C1CCCN(C(=O)C2CNC2)C1. The molecule has 3 rings (SSSR count). The van der Waals surface area contributed by atoms with Gasteiger partial charge < -0.3 is 15.5 Å². The van der Waals surface area contributed by atoms with Crippen LogP contribution in [0.15, 0.2) is 18.3 Å². The molecule has 0 saturated carbocycles. The zero-order chi connectivity index (χ0) is 15.5. The summed E-state index contributed by atoms with van der Waals surface area (Å²) in [5.74, 6) is 0.476. The molecule has 2 N–H and O–H groups in total. The van der Waals surface area contributed by atoms with E-state index in [0.29, 0.717) is 17.4 Å². The van der Waals surface area contributed by atoms with E-state index in [1.165, 1.54) is 6.20 Å². The maximum atomic E-state index is 12.3. The van der Waals surface area contributed by atoms with E-state index < -0.39 is 0 Å². The molecule has 1 aromatic rings. The molecule has 0 aliphatic carbocycles. The van der Waals surface area contributed by atoms with E-state index in [0.717, 1.165) is 32.5 Å². The highest BCUT2D eigenvalue weighted by Crippen LogP contribution is 2.21. The van der Waals surface area contributed by atoms with Gasteiger partial charge in [-0.1, -0.05) is 11.6 Å². The largest absolute Gasteiger partial charge is 0.342 e. The number of hydrogen-bond donors (Lipinski definition) is 2. The highest BCUT2D eigenvalue weighted by atomic mass is 35.5. The molecule has 22 heavy (non-hydrogen) atoms. The van der Waals surface area contributed by atoms with Gasteiger partial charge >= 0.3 is 0 Å². The summed E-state index contributed by atoms with van der Waals surface area (Å²) in [4.78, 5) is 30.5. The van der Waals surface area contributed by atoms with Crippen molar-refractivity contribution >= 4 is 29.2 Å². The maximum absolute atomic E-state index is 12.3. The van der Waals surface area contributed by atoms with Crippen LogP contribution in [0.25, 0.3) is 0 Å². The molecule has 2 amide bonds. The average Bonchev–Trinajstić information content (AvgIpc) is 2.48. The molecule has 1 unspecified atom stereocenters. The molecule has 0 bridgehead atoms. The van der Waals surface area contributed by atoms with Crippen LogP contribution in [-0.2, 0) is 9.59 Å². The second-order valence-corrected chi connectivity index (χ2v) is 6.27. The molecule has 7 heteroatoms. The zero-order valence-electron chi connectivity index (χ0n) is 12.2. The number of anilines is 1. The van der Waals surface area contributed by atoms with Crippen molar-refractivity contribution in [3.8, 4) is 0 Å². The first kappa shape index (κ1) is 15.2. The van der Waals surface area contributed by atoms with Crippen molar-refractivity contribution in [2.45, 2.75) is 12.8 Å². The predicted molar refractivity (Wildman–Crippen MR) is 83.5 cm³/mol. The molecule has 2 fully saturated rings. The molecule has 2 saturated heterocycles. The number of nitrogens with one attached hydrogen (secondary N) is 2. The van der Waals surface area contributed by atoms with Crippen LogP contribution in [-0.4, -0.2) is 47.9 Å². The molecule has 1 atom stereocenters. The fourth-order valence-corrected chi connectivity index (χ4v) is 2.90. The summed E-state index contributed by atoms with van der Waals surface area (Å²) in [7, 11) is 0. The van der Waals surface area contributed by atoms with Gasteiger partial charge in [-0.25, -0.2) is 4.98 Å². The van der Waals surface area contributed by atoms with E-state index in [1.54, 1.807) is 12.1 Å². The Morgan fingerprint density at radius 2 is 2.14 bits per heavy atom. The highest BCUT2D eigenvalue weighted by Gasteiger charge is 2.34. The van der Waals surface area contributed by atoms with Crippen molar-refractivity contribution in [1.29, 1.82) is 0 Å². The van der Waals surface area contributed by atoms with Gasteiger partial charge in [-0.05, 0) is 25.0 Å². The molecule has 0 radical (unpaired) electrons. The normalized spacial score (nSPS) is 22.0. The molecular formula is C15H19ClN4O2. The van der Waals surface area contributed by atoms with E-state index in [9.17, 15) is 9.59 Å². The van der Waals surface area contributed by atoms with Crippen molar-refractivity contribution in [3.63, 3.8) is 0 Å². The number of rotatable bonds is 3. The van der Waals surface area contributed by atoms with Crippen LogP contribution in [0.2, 0.25) is 5.02 Å². The molecule has 118 valence electrons. The van der Waals surface area contributed by atoms with Gasteiger partial charge in [-0.15, -0.1) is 0 Å². The van der Waals surface area contributed by atoms with Crippen molar-refractivity contribution in [3.05, 3.63) is 23.4 Å². The second-order valence-electron chi connectivity index (χ2n) is 5.83. The number of pyridine rings is 1. The minimum absolute atomic E-state index is 0.0831. The Balaban J connectivity index is 1.57. The van der Waals surface area contributed by atoms with Crippen LogP contribution in [0, 0.1) is 11.8 Å². The Kier molecular flexibility index (Phi) is 4.59. The van der Waals surface area contributed by atoms with E-state index in [1.807, 2.05) is 4.90 Å². The molecule has 2 aliphatic rings. The zero-order valence-corrected chi connectivity index (χ0v) is 13.0. The lowest BCUT2D eigenvalue weighted by molar-refractivity contribution is -0.140. The van der Waals surface area contributed by atoms with E-state index in [2.05, 4.69) is 15.6 Å². The van der Waals surface area contributed by atoms with Crippen LogP contribution in [0.3, 0.4) is 0 Å². The van der Waals surface area contributed by atoms with Crippen molar-refractivity contribution in [2.75, 3.05) is 31.5 Å². The first-order chi connectivity index (χ1) is 10.6. The number of halogens is 1. The summed E-state index contributed by atoms with van der Waals surface area (Å²) in [5.41, 5.74) is 0. The third-order valence-corrected chi connectivity index (χ3v) is 4.44. The van der Waals surface area contributed by atoms with Gasteiger partial charge in [-0.3, -0.25) is 9.59 Å². The van der Waals surface area contributed by atoms with Crippen LogP contribution in [0.1, 0.15) is 12.8 Å². The maximum Gasteiger partial charge on any atom is 0.230 e. The Morgan fingerprint density at radius 1 is 1.32 bits per heavy atom. The average molecular weight is 323 g/mol. The fraction of sp³-hybridized carbons (Fsp3) is 0.533. The lowest BCUT2D eigenvalue weighted by Crippen LogP contribution is -2.54. The molecule has 1 aromatic heterocycles. The van der Waals surface area contributed by atoms with E-state index in [4.69, 9.17) is 11.6 Å². The number of carbonyl (C=O) groups excluding carboxylic acids is 2. The van der Waals surface area contributed by atoms with Gasteiger partial charge in [0.05, 0.1) is 16.9 Å². The summed E-state index contributed by atoms with van der Waals surface area (Å²) in [6.07, 6.45) is 3.15. The van der Waals surface area contributed by atoms with Crippen molar-refractivity contribution < 1.29 is 9.59 Å². The molecule has 3 heterocycles. The van der Waals surface area contributed by atoms with Gasteiger partial charge in [0.15, 0.2) is 0 Å². The molecule has 0 aromatic carbocycles. The van der Waals surface area contributed by atoms with Crippen molar-refractivity contribution in [2.24, 2.45) is 11.8 Å². The van der Waals surface area contributed by atoms with Crippen molar-refractivity contribution in [1.82, 2.24) is 15.2 Å².